The van der Waals surface area contributed by atoms with Gasteiger partial charge in [-0.05, 0) is 42.9 Å². The molecule has 1 aliphatic carbocycles. The van der Waals surface area contributed by atoms with Crippen molar-refractivity contribution in [3.63, 3.8) is 0 Å². The van der Waals surface area contributed by atoms with Crippen LogP contribution in [-0.2, 0) is 5.75 Å². The van der Waals surface area contributed by atoms with Gasteiger partial charge in [-0.3, -0.25) is 4.79 Å². The van der Waals surface area contributed by atoms with E-state index in [4.69, 9.17) is 5.73 Å². The average molecular weight is 382 g/mol. The van der Waals surface area contributed by atoms with E-state index >= 15 is 0 Å². The van der Waals surface area contributed by atoms with Crippen LogP contribution in [-0.4, -0.2) is 26.8 Å². The van der Waals surface area contributed by atoms with E-state index in [9.17, 15) is 4.79 Å². The molecule has 0 saturated heterocycles. The molecule has 1 amide bonds. The third-order valence-corrected chi connectivity index (χ3v) is 5.77. The molecule has 0 radical (unpaired) electrons. The van der Waals surface area contributed by atoms with Gasteiger partial charge in [0.25, 0.3) is 5.91 Å². The van der Waals surface area contributed by atoms with E-state index in [1.54, 1.807) is 16.3 Å². The van der Waals surface area contributed by atoms with E-state index in [2.05, 4.69) is 21.7 Å². The predicted octanol–water partition coefficient (Wildman–Crippen LogP) is 4.08. The van der Waals surface area contributed by atoms with Crippen LogP contribution in [0.25, 0.3) is 5.52 Å². The molecule has 0 bridgehead atoms. The number of anilines is 2. The second-order valence-electron chi connectivity index (χ2n) is 6.95. The molecule has 2 aromatic heterocycles. The van der Waals surface area contributed by atoms with Crippen LogP contribution in [0.2, 0.25) is 0 Å². The van der Waals surface area contributed by atoms with E-state index < -0.39 is 0 Å². The molecular formula is C20H23N5OS. The highest BCUT2D eigenvalue weighted by Crippen LogP contribution is 2.36. The minimum absolute atomic E-state index is 0.184. The van der Waals surface area contributed by atoms with Gasteiger partial charge in [-0.25, -0.2) is 9.50 Å². The van der Waals surface area contributed by atoms with Crippen molar-refractivity contribution in [2.75, 3.05) is 17.3 Å². The molecule has 1 fully saturated rings. The molecule has 0 aliphatic heterocycles. The summed E-state index contributed by atoms with van der Waals surface area (Å²) in [5, 5.41) is 7.35. The lowest BCUT2D eigenvalue weighted by molar-refractivity contribution is 0.102. The Labute approximate surface area is 162 Å². The van der Waals surface area contributed by atoms with Crippen molar-refractivity contribution >= 4 is 34.7 Å². The summed E-state index contributed by atoms with van der Waals surface area (Å²) in [5.41, 5.74) is 10.3. The van der Waals surface area contributed by atoms with E-state index in [1.807, 2.05) is 30.3 Å². The van der Waals surface area contributed by atoms with Gasteiger partial charge in [0.15, 0.2) is 5.82 Å². The second kappa shape index (κ2) is 7.60. The highest BCUT2D eigenvalue weighted by Gasteiger charge is 2.26. The number of carbonyl (C=O) groups excluding carboxylic acids is 1. The van der Waals surface area contributed by atoms with Gasteiger partial charge in [-0.15, -0.1) is 0 Å². The largest absolute Gasteiger partial charge is 0.382 e. The van der Waals surface area contributed by atoms with Crippen LogP contribution in [0, 0.1) is 0 Å². The maximum Gasteiger partial charge on any atom is 0.258 e. The number of nitrogens with two attached hydrogens (primary N) is 1. The first-order chi connectivity index (χ1) is 13.2. The van der Waals surface area contributed by atoms with Gasteiger partial charge < -0.3 is 11.1 Å². The van der Waals surface area contributed by atoms with Gasteiger partial charge in [-0.2, -0.15) is 16.9 Å². The Kier molecular flexibility index (Phi) is 5.03. The van der Waals surface area contributed by atoms with Crippen LogP contribution in [0.15, 0.2) is 36.7 Å². The minimum Gasteiger partial charge on any atom is -0.382 e. The lowest BCUT2D eigenvalue weighted by atomic mass is 10.0. The highest BCUT2D eigenvalue weighted by atomic mass is 32.2. The van der Waals surface area contributed by atoms with Gasteiger partial charge in [0.1, 0.15) is 11.8 Å². The first-order valence-corrected chi connectivity index (χ1v) is 10.6. The summed E-state index contributed by atoms with van der Waals surface area (Å²) in [4.78, 5) is 17.1. The molecular weight excluding hydrogens is 358 g/mol. The van der Waals surface area contributed by atoms with Crippen molar-refractivity contribution in [2.24, 2.45) is 0 Å². The summed E-state index contributed by atoms with van der Waals surface area (Å²) >= 11 is 1.77. The fourth-order valence-electron chi connectivity index (χ4n) is 3.83. The van der Waals surface area contributed by atoms with Crippen LogP contribution in [0.4, 0.5) is 11.5 Å². The monoisotopic (exact) mass is 381 g/mol. The number of benzene rings is 1. The first kappa shape index (κ1) is 17.9. The van der Waals surface area contributed by atoms with Gasteiger partial charge in [-0.1, -0.05) is 25.0 Å². The van der Waals surface area contributed by atoms with Crippen LogP contribution in [0.1, 0.15) is 53.2 Å². The summed E-state index contributed by atoms with van der Waals surface area (Å²) < 4.78 is 1.80. The smallest absolute Gasteiger partial charge is 0.258 e. The Morgan fingerprint density at radius 1 is 1.30 bits per heavy atom. The summed E-state index contributed by atoms with van der Waals surface area (Å²) in [6.07, 6.45) is 8.18. The van der Waals surface area contributed by atoms with Gasteiger partial charge in [0.2, 0.25) is 0 Å². The Balaban J connectivity index is 1.67. The maximum absolute atomic E-state index is 13.0. The number of thioether (sulfide) groups is 1. The van der Waals surface area contributed by atoms with Crippen LogP contribution in [0.5, 0.6) is 0 Å². The third-order valence-electron chi connectivity index (χ3n) is 5.15. The zero-order valence-corrected chi connectivity index (χ0v) is 16.1. The van der Waals surface area contributed by atoms with E-state index in [1.165, 1.54) is 24.7 Å². The molecule has 6 nitrogen and oxygen atoms in total. The quantitative estimate of drug-likeness (QED) is 0.695. The number of nitrogens with zero attached hydrogens (tertiary/aromatic N) is 3. The number of rotatable bonds is 5. The molecule has 1 aliphatic rings. The third kappa shape index (κ3) is 3.51. The Hall–Kier alpha value is -2.54. The Bertz CT molecular complexity index is 960. The molecule has 2 heterocycles. The summed E-state index contributed by atoms with van der Waals surface area (Å²) in [6.45, 7) is 0. The topological polar surface area (TPSA) is 85.3 Å². The van der Waals surface area contributed by atoms with Crippen LogP contribution in [0.3, 0.4) is 0 Å². The van der Waals surface area contributed by atoms with E-state index in [0.717, 1.165) is 30.0 Å². The van der Waals surface area contributed by atoms with Crippen molar-refractivity contribution in [3.8, 4) is 0 Å². The average Bonchev–Trinajstić information content (AvgIpc) is 3.31. The van der Waals surface area contributed by atoms with Crippen molar-refractivity contribution in [1.82, 2.24) is 14.6 Å². The van der Waals surface area contributed by atoms with E-state index in [-0.39, 0.29) is 5.91 Å². The number of fused-ring (bicyclic) bond motifs is 1. The van der Waals surface area contributed by atoms with Crippen LogP contribution < -0.4 is 11.1 Å². The number of carbonyl (C=O) groups is 1. The number of aromatic nitrogens is 3. The molecule has 140 valence electrons. The fourth-order valence-corrected chi connectivity index (χ4v) is 4.35. The maximum atomic E-state index is 13.0. The second-order valence-corrected chi connectivity index (χ2v) is 7.82. The number of hydrogen-bond acceptors (Lipinski definition) is 5. The SMILES string of the molecule is CSCc1ccc(NC(=O)c2cc(C3CCCC3)n3ncnc(N)c23)cc1. The molecule has 1 saturated carbocycles. The molecule has 3 aromatic rings. The zero-order chi connectivity index (χ0) is 18.8. The number of nitrogens with one attached hydrogen (secondary N) is 1. The van der Waals surface area contributed by atoms with Crippen LogP contribution >= 0.6 is 11.8 Å². The lowest BCUT2D eigenvalue weighted by Gasteiger charge is -2.08. The molecule has 27 heavy (non-hydrogen) atoms. The Morgan fingerprint density at radius 3 is 2.74 bits per heavy atom. The predicted molar refractivity (Wildman–Crippen MR) is 110 cm³/mol. The van der Waals surface area contributed by atoms with Crippen molar-refractivity contribution < 1.29 is 4.79 Å². The van der Waals surface area contributed by atoms with Gasteiger partial charge in [0, 0.05) is 23.1 Å². The lowest BCUT2D eigenvalue weighted by Crippen LogP contribution is -2.12. The van der Waals surface area contributed by atoms with Gasteiger partial charge in [0.05, 0.1) is 5.56 Å². The number of nitrogen functional groups attached to an aromatic ring is 1. The highest BCUT2D eigenvalue weighted by molar-refractivity contribution is 7.97. The minimum atomic E-state index is -0.184. The zero-order valence-electron chi connectivity index (χ0n) is 15.3. The van der Waals surface area contributed by atoms with Gasteiger partial charge >= 0.3 is 0 Å². The normalized spacial score (nSPS) is 14.7. The molecule has 0 spiro atoms. The molecule has 0 atom stereocenters. The summed E-state index contributed by atoms with van der Waals surface area (Å²) in [5.74, 6) is 1.52. The molecule has 4 rings (SSSR count). The molecule has 0 unspecified atom stereocenters. The molecule has 7 heteroatoms. The number of amides is 1. The fraction of sp³-hybridized carbons (Fsp3) is 0.350. The van der Waals surface area contributed by atoms with Crippen molar-refractivity contribution in [3.05, 3.63) is 53.5 Å². The summed E-state index contributed by atoms with van der Waals surface area (Å²) in [6, 6.07) is 9.86. The molecule has 1 aromatic carbocycles. The number of hydrogen-bond donors (Lipinski definition) is 2. The summed E-state index contributed by atoms with van der Waals surface area (Å²) in [7, 11) is 0. The first-order valence-electron chi connectivity index (χ1n) is 9.18. The van der Waals surface area contributed by atoms with Crippen molar-refractivity contribution in [1.29, 1.82) is 0 Å². The Morgan fingerprint density at radius 2 is 2.04 bits per heavy atom. The van der Waals surface area contributed by atoms with Crippen molar-refractivity contribution in [2.45, 2.75) is 37.4 Å². The molecule has 3 N–H and O–H groups in total. The standard InChI is InChI=1S/C20H23N5OS/c1-27-11-13-6-8-15(9-7-13)24-20(26)16-10-17(14-4-2-3-5-14)25-18(16)19(21)22-12-23-25/h6-10,12,14H,2-5,11H2,1H3,(H,24,26)(H2,21,22,23). The van der Waals surface area contributed by atoms with E-state index in [0.29, 0.717) is 22.8 Å².